The van der Waals surface area contributed by atoms with Gasteiger partial charge in [-0.15, -0.1) is 11.3 Å². The van der Waals surface area contributed by atoms with Gasteiger partial charge in [0.1, 0.15) is 66.3 Å². The first-order chi connectivity index (χ1) is 35.4. The summed E-state index contributed by atoms with van der Waals surface area (Å²) in [6, 6.07) is 7.87. The maximum Gasteiger partial charge on any atom is 0.345 e. The van der Waals surface area contributed by atoms with E-state index in [9.17, 15) is 14.3 Å². The summed E-state index contributed by atoms with van der Waals surface area (Å²) in [7, 11) is 2.10. The number of hydrogen-bond donors (Lipinski definition) is 1. The van der Waals surface area contributed by atoms with Gasteiger partial charge in [-0.3, -0.25) is 4.90 Å². The van der Waals surface area contributed by atoms with Gasteiger partial charge in [0.25, 0.3) is 0 Å². The molecule has 0 radical (unpaired) electrons. The molecule has 3 aromatic heterocycles. The summed E-state index contributed by atoms with van der Waals surface area (Å²) in [6.07, 6.45) is 8.44. The van der Waals surface area contributed by atoms with E-state index in [1.165, 1.54) is 29.8 Å². The van der Waals surface area contributed by atoms with Crippen molar-refractivity contribution in [3.63, 3.8) is 0 Å². The van der Waals surface area contributed by atoms with Gasteiger partial charge < -0.3 is 38.4 Å². The second-order valence-corrected chi connectivity index (χ2v) is 20.3. The van der Waals surface area contributed by atoms with Gasteiger partial charge >= 0.3 is 5.97 Å². The molecule has 0 amide bonds. The van der Waals surface area contributed by atoms with Crippen LogP contribution in [0.4, 0.5) is 4.39 Å². The van der Waals surface area contributed by atoms with E-state index in [1.54, 1.807) is 42.6 Å². The molecule has 10 rings (SSSR count). The van der Waals surface area contributed by atoms with E-state index >= 15 is 0 Å². The standard InChI is InChI=1S/C53H59Cl2FN6O10S/c1-5-6-38-23-39(67-26-36-15-16-57-50(60-36)34-9-13-37(14-10-34)72-69-29-41-27-65-21-22-66-41)24-42(53(63)64)71-51-45-44(49(73-52(45)59-30-58-51)33-7-11-35(56)12-8-33)43-31(2)46(54)48(47(55)32(43)3)70-40(28-68-38)25-62-19-17-61(4)18-20-62/h5-8,11-12,15-16,23,30,34,37,40-42H,1,9-10,13-14,17-22,24-29H2,2-4H3,(H,63,64)/b38-6+,39-23-/t34?,37?,40-,41+,42-/m1/s1. The minimum Gasteiger partial charge on any atom is -0.491 e. The summed E-state index contributed by atoms with van der Waals surface area (Å²) >= 11 is 16.0. The zero-order valence-electron chi connectivity index (χ0n) is 41.0. The molecule has 2 aromatic carbocycles. The molecule has 0 unspecified atom stereocenters. The summed E-state index contributed by atoms with van der Waals surface area (Å²) in [5.41, 5.74) is 3.78. The molecule has 73 heavy (non-hydrogen) atoms. The molecule has 16 nitrogen and oxygen atoms in total. The van der Waals surface area contributed by atoms with Crippen LogP contribution in [-0.2, 0) is 40.1 Å². The number of carboxylic acids is 1. The molecular formula is C53H59Cl2FN6O10S. The van der Waals surface area contributed by atoms with Gasteiger partial charge in [-0.25, -0.2) is 38.9 Å². The lowest BCUT2D eigenvalue weighted by Crippen LogP contribution is -2.48. The maximum atomic E-state index is 14.4. The minimum absolute atomic E-state index is 0.00244. The average molecular weight is 1060 g/mol. The number of aromatic nitrogens is 4. The van der Waals surface area contributed by atoms with E-state index < -0.39 is 24.0 Å². The smallest absolute Gasteiger partial charge is 0.345 e. The van der Waals surface area contributed by atoms with E-state index in [0.29, 0.717) is 98.9 Å². The molecule has 5 aromatic rings. The van der Waals surface area contributed by atoms with Crippen LogP contribution in [0.25, 0.3) is 31.8 Å². The molecule has 5 aliphatic rings. The van der Waals surface area contributed by atoms with Gasteiger partial charge in [-0.05, 0) is 93.1 Å². The summed E-state index contributed by atoms with van der Waals surface area (Å²) in [4.78, 5) is 49.2. The Morgan fingerprint density at radius 3 is 2.44 bits per heavy atom. The predicted octanol–water partition coefficient (Wildman–Crippen LogP) is 9.69. The number of piperazine rings is 1. The number of allylic oxidation sites excluding steroid dienone is 3. The van der Waals surface area contributed by atoms with Crippen molar-refractivity contribution in [3.05, 3.63) is 118 Å². The fourth-order valence-electron chi connectivity index (χ4n) is 9.44. The molecule has 388 valence electrons. The molecule has 20 heteroatoms. The van der Waals surface area contributed by atoms with Crippen LogP contribution in [0.3, 0.4) is 0 Å². The maximum absolute atomic E-state index is 14.4. The van der Waals surface area contributed by atoms with Gasteiger partial charge in [0.15, 0.2) is 5.75 Å². The van der Waals surface area contributed by atoms with Crippen LogP contribution in [0.1, 0.15) is 60.7 Å². The number of fused-ring (bicyclic) bond motifs is 10. The third-order valence-electron chi connectivity index (χ3n) is 13.4. The Morgan fingerprint density at radius 1 is 0.959 bits per heavy atom. The lowest BCUT2D eigenvalue weighted by molar-refractivity contribution is -0.342. The number of hydrogen-bond acceptors (Lipinski definition) is 16. The SMILES string of the molecule is C=C/C=C1\C=C(/OCc2ccnc(C3CCC(OOC[C@@H]4COCCO4)CC3)n2)C[C@H](C(=O)O)Oc2ncnc3sc(-c4ccc(F)cc4)c(c23)-c2c(C)c(Cl)c(c(Cl)c2C)O[C@H](CN2CCN(C)CC2)CO1. The molecule has 3 fully saturated rings. The van der Waals surface area contributed by atoms with Crippen molar-refractivity contribution in [1.29, 1.82) is 0 Å². The van der Waals surface area contributed by atoms with E-state index in [2.05, 4.69) is 38.4 Å². The lowest BCUT2D eigenvalue weighted by atomic mass is 9.87. The average Bonchev–Trinajstić information content (AvgIpc) is 3.78. The van der Waals surface area contributed by atoms with Crippen LogP contribution in [0.2, 0.25) is 10.0 Å². The summed E-state index contributed by atoms with van der Waals surface area (Å²) in [6.45, 7) is 13.5. The predicted molar refractivity (Wildman–Crippen MR) is 274 cm³/mol. The van der Waals surface area contributed by atoms with Crippen molar-refractivity contribution in [1.82, 2.24) is 29.7 Å². The van der Waals surface area contributed by atoms with E-state index in [4.69, 9.17) is 66.4 Å². The molecule has 4 aliphatic heterocycles. The molecule has 2 saturated heterocycles. The molecule has 1 saturated carbocycles. The Labute approximate surface area is 437 Å². The monoisotopic (exact) mass is 1060 g/mol. The highest BCUT2D eigenvalue weighted by atomic mass is 35.5. The lowest BCUT2D eigenvalue weighted by Gasteiger charge is -2.35. The fraction of sp³-hybridized carbons (Fsp3) is 0.453. The second kappa shape index (κ2) is 24.4. The van der Waals surface area contributed by atoms with Crippen molar-refractivity contribution in [2.24, 2.45) is 0 Å². The minimum atomic E-state index is -1.54. The Balaban J connectivity index is 1.05. The number of carboxylic acid groups (broad SMARTS) is 1. The van der Waals surface area contributed by atoms with Crippen molar-refractivity contribution in [3.8, 4) is 33.2 Å². The van der Waals surface area contributed by atoms with Gasteiger partial charge in [0, 0.05) is 61.4 Å². The van der Waals surface area contributed by atoms with E-state index in [1.807, 2.05) is 13.8 Å². The van der Waals surface area contributed by atoms with Crippen molar-refractivity contribution >= 4 is 50.7 Å². The molecule has 1 N–H and O–H groups in total. The number of thiophene rings is 1. The first kappa shape index (κ1) is 52.6. The topological polar surface area (TPSA) is 169 Å². The van der Waals surface area contributed by atoms with Gasteiger partial charge in [-0.2, -0.15) is 0 Å². The second-order valence-electron chi connectivity index (χ2n) is 18.6. The number of halogens is 3. The molecule has 3 atom stereocenters. The number of carbonyl (C=O) groups is 1. The Bertz CT molecular complexity index is 2780. The normalized spacial score (nSPS) is 23.7. The Kier molecular flexibility index (Phi) is 17.6. The van der Waals surface area contributed by atoms with Crippen LogP contribution in [0, 0.1) is 19.7 Å². The number of benzene rings is 2. The molecule has 1 aliphatic carbocycles. The summed E-state index contributed by atoms with van der Waals surface area (Å²) in [5.74, 6) is -0.0777. The molecule has 7 heterocycles. The zero-order valence-corrected chi connectivity index (χ0v) is 43.4. The molecule has 0 spiro atoms. The number of likely N-dealkylation sites (N-methyl/N-ethyl adjacent to an activating group) is 1. The first-order valence-corrected chi connectivity index (χ1v) is 26.1. The van der Waals surface area contributed by atoms with Gasteiger partial charge in [0.2, 0.25) is 12.0 Å². The highest BCUT2D eigenvalue weighted by Crippen LogP contribution is 2.53. The van der Waals surface area contributed by atoms with Crippen LogP contribution < -0.4 is 9.47 Å². The van der Waals surface area contributed by atoms with Gasteiger partial charge in [-0.1, -0.05) is 48.0 Å². The molecular weight excluding hydrogens is 1000 g/mol. The number of ether oxygens (including phenoxy) is 6. The van der Waals surface area contributed by atoms with Crippen LogP contribution >= 0.6 is 34.5 Å². The molecule has 2 bridgehead atoms. The summed E-state index contributed by atoms with van der Waals surface area (Å²) in [5, 5.41) is 11.9. The van der Waals surface area contributed by atoms with Gasteiger partial charge in [0.05, 0.1) is 53.5 Å². The zero-order chi connectivity index (χ0) is 51.0. The fourth-order valence-corrected chi connectivity index (χ4v) is 11.1. The van der Waals surface area contributed by atoms with Crippen molar-refractivity contribution in [2.45, 2.75) is 82.9 Å². The highest BCUT2D eigenvalue weighted by Gasteiger charge is 2.33. The highest BCUT2D eigenvalue weighted by molar-refractivity contribution is 7.22. The van der Waals surface area contributed by atoms with E-state index in [0.717, 1.165) is 51.9 Å². The van der Waals surface area contributed by atoms with Crippen LogP contribution in [0.15, 0.2) is 79.2 Å². The third-order valence-corrected chi connectivity index (χ3v) is 15.5. The van der Waals surface area contributed by atoms with Crippen LogP contribution in [-0.4, -0.2) is 138 Å². The first-order valence-electron chi connectivity index (χ1n) is 24.5. The number of rotatable bonds is 13. The number of nitrogens with zero attached hydrogens (tertiary/aromatic N) is 6. The third kappa shape index (κ3) is 12.8. The van der Waals surface area contributed by atoms with Crippen molar-refractivity contribution < 1.29 is 52.5 Å². The largest absolute Gasteiger partial charge is 0.491 e. The Hall–Kier alpha value is -5.28. The van der Waals surface area contributed by atoms with E-state index in [-0.39, 0.29) is 59.4 Å². The quantitative estimate of drug-likeness (QED) is 0.0873. The van der Waals surface area contributed by atoms with Crippen LogP contribution in [0.5, 0.6) is 11.6 Å². The Morgan fingerprint density at radius 2 is 1.73 bits per heavy atom. The summed E-state index contributed by atoms with van der Waals surface area (Å²) < 4.78 is 52.0. The van der Waals surface area contributed by atoms with Crippen molar-refractivity contribution in [2.75, 3.05) is 72.8 Å². The number of aliphatic carboxylic acids is 1.